The Morgan fingerprint density at radius 1 is 1.54 bits per heavy atom. The second-order valence-electron chi connectivity index (χ2n) is 2.65. The smallest absolute Gasteiger partial charge is 0.138 e. The lowest BCUT2D eigenvalue weighted by Gasteiger charge is -2.13. The Hall–Kier alpha value is -0.210. The van der Waals surface area contributed by atoms with Crippen LogP contribution in [-0.4, -0.2) is 27.6 Å². The van der Waals surface area contributed by atoms with Crippen molar-refractivity contribution >= 4 is 32.5 Å². The van der Waals surface area contributed by atoms with Gasteiger partial charge in [-0.05, 0) is 34.7 Å². The number of hydrogen-bond donors (Lipinski definition) is 1. The Morgan fingerprint density at radius 2 is 2.15 bits per heavy atom. The van der Waals surface area contributed by atoms with Crippen molar-refractivity contribution < 1.29 is 4.21 Å². The summed E-state index contributed by atoms with van der Waals surface area (Å²) in [5.41, 5.74) is 0. The number of halogens is 1. The van der Waals surface area contributed by atoms with Gasteiger partial charge in [0.05, 0.1) is 4.90 Å². The zero-order chi connectivity index (χ0) is 10.1. The summed E-state index contributed by atoms with van der Waals surface area (Å²) in [6.45, 7) is 0. The highest BCUT2D eigenvalue weighted by Gasteiger charge is 2.12. The fourth-order valence-corrected chi connectivity index (χ4v) is 1.93. The van der Waals surface area contributed by atoms with Gasteiger partial charge in [0, 0.05) is 20.3 Å². The average Bonchev–Trinajstić information content (AvgIpc) is 2.04. The van der Waals surface area contributed by atoms with E-state index in [2.05, 4.69) is 27.6 Å². The first kappa shape index (κ1) is 10.9. The number of pyridine rings is 1. The summed E-state index contributed by atoms with van der Waals surface area (Å²) in [5.74, 6) is 0. The van der Waals surface area contributed by atoms with Gasteiger partial charge in [-0.15, -0.1) is 0 Å². The van der Waals surface area contributed by atoms with E-state index in [1.54, 1.807) is 26.2 Å². The van der Waals surface area contributed by atoms with E-state index in [9.17, 15) is 4.21 Å². The minimum absolute atomic E-state index is 0.443. The summed E-state index contributed by atoms with van der Waals surface area (Å²) in [6.07, 6.45) is 1.48. The maximum Gasteiger partial charge on any atom is 0.138 e. The Labute approximate surface area is 91.6 Å². The number of nitrogens with one attached hydrogen (secondary N) is 1. The van der Waals surface area contributed by atoms with Crippen LogP contribution in [0.2, 0.25) is 0 Å². The van der Waals surface area contributed by atoms with E-state index in [-0.39, 0.29) is 0 Å². The molecule has 0 aliphatic rings. The van der Waals surface area contributed by atoms with E-state index < -0.39 is 9.92 Å². The molecule has 1 aromatic heterocycles. The molecule has 0 aromatic carbocycles. The Balaban J connectivity index is 3.17. The first-order chi connectivity index (χ1) is 5.94. The van der Waals surface area contributed by atoms with Gasteiger partial charge in [0.25, 0.3) is 0 Å². The Kier molecular flexibility index (Phi) is 3.25. The normalized spacial score (nSPS) is 15.7. The summed E-state index contributed by atoms with van der Waals surface area (Å²) >= 11 is 2.06. The highest BCUT2D eigenvalue weighted by molar-refractivity contribution is 14.1. The van der Waals surface area contributed by atoms with Crippen molar-refractivity contribution in [1.29, 1.82) is 4.78 Å². The zero-order valence-corrected chi connectivity index (χ0v) is 10.3. The van der Waals surface area contributed by atoms with Crippen molar-refractivity contribution in [2.45, 2.75) is 4.90 Å². The molecule has 1 rings (SSSR count). The molecular weight excluding hydrogens is 301 g/mol. The lowest BCUT2D eigenvalue weighted by atomic mass is 10.5. The highest BCUT2D eigenvalue weighted by Crippen LogP contribution is 2.13. The van der Waals surface area contributed by atoms with Crippen LogP contribution in [0.4, 0.5) is 0 Å². The van der Waals surface area contributed by atoms with Crippen LogP contribution in [0.5, 0.6) is 0 Å². The molecule has 1 heterocycles. The minimum Gasteiger partial charge on any atom is -0.249 e. The molecule has 0 aliphatic carbocycles. The van der Waals surface area contributed by atoms with E-state index in [0.29, 0.717) is 4.90 Å². The largest absolute Gasteiger partial charge is 0.249 e. The predicted molar refractivity (Wildman–Crippen MR) is 59.8 cm³/mol. The molecule has 4 nitrogen and oxygen atoms in total. The lowest BCUT2D eigenvalue weighted by molar-refractivity contribution is 0.588. The first-order valence-electron chi connectivity index (χ1n) is 3.52. The molecule has 1 aromatic rings. The van der Waals surface area contributed by atoms with Crippen molar-refractivity contribution in [3.05, 3.63) is 22.0 Å². The van der Waals surface area contributed by atoms with Crippen molar-refractivity contribution in [2.24, 2.45) is 0 Å². The third-order valence-corrected chi connectivity index (χ3v) is 4.08. The van der Waals surface area contributed by atoms with Gasteiger partial charge in [0.15, 0.2) is 0 Å². The molecule has 13 heavy (non-hydrogen) atoms. The second kappa shape index (κ2) is 3.89. The average molecular weight is 311 g/mol. The van der Waals surface area contributed by atoms with Crippen LogP contribution in [0.3, 0.4) is 0 Å². The summed E-state index contributed by atoms with van der Waals surface area (Å²) < 4.78 is 21.6. The molecule has 0 bridgehead atoms. The summed E-state index contributed by atoms with van der Waals surface area (Å²) in [5, 5.41) is 0. The van der Waals surface area contributed by atoms with Gasteiger partial charge in [0.2, 0.25) is 0 Å². The standard InChI is InChI=1S/C7H10IN3OS/c1-11(2)13(9,12)6-3-4-7(8)10-5-6/h3-5,9H,1-2H3. The maximum atomic E-state index is 11.7. The van der Waals surface area contributed by atoms with Gasteiger partial charge in [-0.2, -0.15) is 0 Å². The van der Waals surface area contributed by atoms with Crippen LogP contribution >= 0.6 is 22.6 Å². The quantitative estimate of drug-likeness (QED) is 0.666. The molecule has 0 spiro atoms. The molecule has 0 saturated carbocycles. The van der Waals surface area contributed by atoms with Crippen molar-refractivity contribution in [3.8, 4) is 0 Å². The molecule has 6 heteroatoms. The number of nitrogens with zero attached hydrogens (tertiary/aromatic N) is 2. The van der Waals surface area contributed by atoms with Gasteiger partial charge in [-0.3, -0.25) is 0 Å². The zero-order valence-electron chi connectivity index (χ0n) is 7.32. The molecule has 1 atom stereocenters. The van der Waals surface area contributed by atoms with E-state index in [1.807, 2.05) is 0 Å². The molecule has 0 radical (unpaired) electrons. The molecule has 0 amide bonds. The van der Waals surface area contributed by atoms with Gasteiger partial charge in [-0.1, -0.05) is 0 Å². The van der Waals surface area contributed by atoms with E-state index >= 15 is 0 Å². The van der Waals surface area contributed by atoms with E-state index in [0.717, 1.165) is 3.70 Å². The van der Waals surface area contributed by atoms with Crippen LogP contribution in [0, 0.1) is 8.48 Å². The van der Waals surface area contributed by atoms with Crippen molar-refractivity contribution in [1.82, 2.24) is 9.29 Å². The molecule has 0 saturated heterocycles. The lowest BCUT2D eigenvalue weighted by Crippen LogP contribution is -2.20. The van der Waals surface area contributed by atoms with Crippen LogP contribution in [0.25, 0.3) is 0 Å². The summed E-state index contributed by atoms with van der Waals surface area (Å²) in [4.78, 5) is 4.43. The summed E-state index contributed by atoms with van der Waals surface area (Å²) in [6, 6.07) is 3.41. The van der Waals surface area contributed by atoms with Crippen LogP contribution in [0.15, 0.2) is 23.2 Å². The topological polar surface area (TPSA) is 57.1 Å². The third kappa shape index (κ3) is 2.38. The molecule has 72 valence electrons. The first-order valence-corrected chi connectivity index (χ1v) is 6.12. The molecule has 0 aliphatic heterocycles. The Bertz CT molecular complexity index is 385. The van der Waals surface area contributed by atoms with Gasteiger partial charge < -0.3 is 0 Å². The van der Waals surface area contributed by atoms with Gasteiger partial charge in [0.1, 0.15) is 13.6 Å². The van der Waals surface area contributed by atoms with Crippen LogP contribution in [0.1, 0.15) is 0 Å². The van der Waals surface area contributed by atoms with Crippen molar-refractivity contribution in [3.63, 3.8) is 0 Å². The SMILES string of the molecule is CN(C)S(=N)(=O)c1ccc(I)nc1. The fourth-order valence-electron chi connectivity index (χ4n) is 0.737. The highest BCUT2D eigenvalue weighted by atomic mass is 127. The monoisotopic (exact) mass is 311 g/mol. The molecular formula is C7H10IN3OS. The van der Waals surface area contributed by atoms with Crippen molar-refractivity contribution in [2.75, 3.05) is 14.1 Å². The molecule has 0 fully saturated rings. The van der Waals surface area contributed by atoms with E-state index in [1.165, 1.54) is 10.5 Å². The van der Waals surface area contributed by atoms with Gasteiger partial charge >= 0.3 is 0 Å². The Morgan fingerprint density at radius 3 is 2.54 bits per heavy atom. The minimum atomic E-state index is -2.83. The molecule has 1 N–H and O–H groups in total. The van der Waals surface area contributed by atoms with Crippen LogP contribution < -0.4 is 0 Å². The fraction of sp³-hybridized carbons (Fsp3) is 0.286. The van der Waals surface area contributed by atoms with Crippen LogP contribution in [-0.2, 0) is 9.92 Å². The number of hydrogen-bond acceptors (Lipinski definition) is 3. The third-order valence-electron chi connectivity index (χ3n) is 1.53. The van der Waals surface area contributed by atoms with E-state index in [4.69, 9.17) is 4.78 Å². The second-order valence-corrected chi connectivity index (χ2v) is 6.01. The molecule has 1 unspecified atom stereocenters. The maximum absolute atomic E-state index is 11.7. The number of rotatable bonds is 2. The number of aromatic nitrogens is 1. The van der Waals surface area contributed by atoms with Gasteiger partial charge in [-0.25, -0.2) is 18.3 Å². The predicted octanol–water partition coefficient (Wildman–Crippen LogP) is 1.57. The summed E-state index contributed by atoms with van der Waals surface area (Å²) in [7, 11) is 0.411.